The van der Waals surface area contributed by atoms with Crippen LogP contribution in [0, 0.1) is 0 Å². The molecule has 0 radical (unpaired) electrons. The number of pyridine rings is 1. The summed E-state index contributed by atoms with van der Waals surface area (Å²) in [7, 11) is 0. The molecule has 0 bridgehead atoms. The molecule has 156 valence electrons. The van der Waals surface area contributed by atoms with Crippen molar-refractivity contribution in [1.29, 1.82) is 0 Å². The number of amides is 1. The molecule has 4 nitrogen and oxygen atoms in total. The maximum absolute atomic E-state index is 13.2. The van der Waals surface area contributed by atoms with E-state index in [0.29, 0.717) is 32.0 Å². The van der Waals surface area contributed by atoms with Crippen molar-refractivity contribution >= 4 is 11.7 Å². The van der Waals surface area contributed by atoms with E-state index in [4.69, 9.17) is 0 Å². The second-order valence-corrected chi connectivity index (χ2v) is 7.32. The quantitative estimate of drug-likeness (QED) is 0.722. The van der Waals surface area contributed by atoms with Crippen LogP contribution in [0.25, 0.3) is 0 Å². The van der Waals surface area contributed by atoms with Crippen LogP contribution in [0.15, 0.2) is 48.7 Å². The van der Waals surface area contributed by atoms with E-state index in [2.05, 4.69) is 11.9 Å². The van der Waals surface area contributed by atoms with E-state index in [9.17, 15) is 18.0 Å². The molecule has 1 fully saturated rings. The molecule has 0 aliphatic carbocycles. The highest BCUT2D eigenvalue weighted by Crippen LogP contribution is 2.30. The number of rotatable bonds is 5. The molecule has 2 aromatic rings. The molecule has 1 atom stereocenters. The molecule has 1 aromatic heterocycles. The lowest BCUT2D eigenvalue weighted by Crippen LogP contribution is -2.38. The average molecular weight is 405 g/mol. The average Bonchev–Trinajstić information content (AvgIpc) is 2.98. The summed E-state index contributed by atoms with van der Waals surface area (Å²) in [6.45, 7) is 4.46. The molecular formula is C22H26F3N3O. The van der Waals surface area contributed by atoms with E-state index in [-0.39, 0.29) is 11.8 Å². The van der Waals surface area contributed by atoms with Gasteiger partial charge >= 0.3 is 6.18 Å². The summed E-state index contributed by atoms with van der Waals surface area (Å²) in [5.41, 5.74) is 0.281. The largest absolute Gasteiger partial charge is 0.417 e. The van der Waals surface area contributed by atoms with Crippen molar-refractivity contribution in [3.05, 3.63) is 59.8 Å². The summed E-state index contributed by atoms with van der Waals surface area (Å²) in [6.07, 6.45) is -1.05. The topological polar surface area (TPSA) is 36.4 Å². The first-order valence-corrected chi connectivity index (χ1v) is 10.0. The van der Waals surface area contributed by atoms with Gasteiger partial charge in [0.15, 0.2) is 0 Å². The minimum Gasteiger partial charge on any atom is -0.355 e. The number of anilines is 1. The smallest absolute Gasteiger partial charge is 0.355 e. The van der Waals surface area contributed by atoms with Gasteiger partial charge in [0.05, 0.1) is 11.5 Å². The highest BCUT2D eigenvalue weighted by atomic mass is 19.4. The SMILES string of the molecule is CCCC(C(=O)N1CCCN(c2ccc(C(F)(F)F)cn2)CC1)c1ccccc1. The third-order valence-electron chi connectivity index (χ3n) is 5.28. The lowest BCUT2D eigenvalue weighted by atomic mass is 9.93. The summed E-state index contributed by atoms with van der Waals surface area (Å²) < 4.78 is 38.2. The van der Waals surface area contributed by atoms with Crippen molar-refractivity contribution in [2.45, 2.75) is 38.3 Å². The van der Waals surface area contributed by atoms with E-state index in [0.717, 1.165) is 37.1 Å². The van der Waals surface area contributed by atoms with Crippen LogP contribution in [0.3, 0.4) is 0 Å². The number of aromatic nitrogens is 1. The van der Waals surface area contributed by atoms with Crippen LogP contribution in [0.4, 0.5) is 19.0 Å². The van der Waals surface area contributed by atoms with Crippen LogP contribution >= 0.6 is 0 Å². The molecule has 3 rings (SSSR count). The first-order chi connectivity index (χ1) is 13.9. The Kier molecular flexibility index (Phi) is 6.77. The molecule has 1 aliphatic heterocycles. The van der Waals surface area contributed by atoms with Gasteiger partial charge in [-0.1, -0.05) is 43.7 Å². The van der Waals surface area contributed by atoms with Gasteiger partial charge in [0.1, 0.15) is 5.82 Å². The van der Waals surface area contributed by atoms with Gasteiger partial charge < -0.3 is 9.80 Å². The van der Waals surface area contributed by atoms with Crippen LogP contribution in [0.5, 0.6) is 0 Å². The van der Waals surface area contributed by atoms with Crippen LogP contribution in [0.1, 0.15) is 43.2 Å². The van der Waals surface area contributed by atoms with E-state index in [1.165, 1.54) is 6.07 Å². The van der Waals surface area contributed by atoms with E-state index in [1.54, 1.807) is 0 Å². The molecular weight excluding hydrogens is 379 g/mol. The Labute approximate surface area is 169 Å². The molecule has 1 amide bonds. The van der Waals surface area contributed by atoms with Crippen molar-refractivity contribution in [3.63, 3.8) is 0 Å². The van der Waals surface area contributed by atoms with Crippen LogP contribution < -0.4 is 4.90 Å². The monoisotopic (exact) mass is 405 g/mol. The first kappa shape index (κ1) is 21.1. The number of hydrogen-bond donors (Lipinski definition) is 0. The van der Waals surface area contributed by atoms with Gasteiger partial charge in [-0.2, -0.15) is 13.2 Å². The van der Waals surface area contributed by atoms with E-state index in [1.807, 2.05) is 40.1 Å². The standard InChI is InChI=1S/C22H26F3N3O/c1-2-7-19(17-8-4-3-5-9-17)21(29)28-13-6-12-27(14-15-28)20-11-10-18(16-26-20)22(23,24)25/h3-5,8-11,16,19H,2,6-7,12-15H2,1H3. The number of carbonyl (C=O) groups excluding carboxylic acids is 1. The van der Waals surface area contributed by atoms with E-state index >= 15 is 0 Å². The summed E-state index contributed by atoms with van der Waals surface area (Å²) in [6, 6.07) is 12.3. The van der Waals surface area contributed by atoms with Gasteiger partial charge in [-0.25, -0.2) is 4.98 Å². The van der Waals surface area contributed by atoms with Gasteiger partial charge in [-0.05, 0) is 30.5 Å². The fourth-order valence-electron chi connectivity index (χ4n) is 3.73. The predicted octanol–water partition coefficient (Wildman–Crippen LogP) is 4.72. The van der Waals surface area contributed by atoms with Crippen molar-refractivity contribution in [1.82, 2.24) is 9.88 Å². The van der Waals surface area contributed by atoms with Crippen molar-refractivity contribution in [2.24, 2.45) is 0 Å². The lowest BCUT2D eigenvalue weighted by Gasteiger charge is -2.27. The van der Waals surface area contributed by atoms with Crippen molar-refractivity contribution in [3.8, 4) is 0 Å². The molecule has 7 heteroatoms. The van der Waals surface area contributed by atoms with Gasteiger partial charge in [-0.15, -0.1) is 0 Å². The Morgan fingerprint density at radius 1 is 1.07 bits per heavy atom. The normalized spacial score (nSPS) is 16.4. The molecule has 2 heterocycles. The summed E-state index contributed by atoms with van der Waals surface area (Å²) in [4.78, 5) is 21.0. The zero-order valence-electron chi connectivity index (χ0n) is 16.5. The summed E-state index contributed by atoms with van der Waals surface area (Å²) in [5, 5.41) is 0. The van der Waals surface area contributed by atoms with Gasteiger partial charge in [-0.3, -0.25) is 4.79 Å². The molecule has 1 saturated heterocycles. The minimum absolute atomic E-state index is 0.125. The Bertz CT molecular complexity index is 793. The third-order valence-corrected chi connectivity index (χ3v) is 5.28. The number of carbonyl (C=O) groups is 1. The van der Waals surface area contributed by atoms with E-state index < -0.39 is 11.7 Å². The zero-order chi connectivity index (χ0) is 20.9. The Morgan fingerprint density at radius 3 is 2.45 bits per heavy atom. The van der Waals surface area contributed by atoms with Crippen molar-refractivity contribution in [2.75, 3.05) is 31.1 Å². The minimum atomic E-state index is -4.39. The Balaban J connectivity index is 1.68. The number of nitrogens with zero attached hydrogens (tertiary/aromatic N) is 3. The Morgan fingerprint density at radius 2 is 1.83 bits per heavy atom. The number of halogens is 3. The molecule has 0 N–H and O–H groups in total. The molecule has 0 spiro atoms. The maximum Gasteiger partial charge on any atom is 0.417 e. The van der Waals surface area contributed by atoms with Crippen LogP contribution in [-0.4, -0.2) is 42.0 Å². The van der Waals surface area contributed by atoms with Gasteiger partial charge in [0, 0.05) is 32.4 Å². The molecule has 1 aromatic carbocycles. The predicted molar refractivity (Wildman–Crippen MR) is 107 cm³/mol. The first-order valence-electron chi connectivity index (χ1n) is 10.0. The highest BCUT2D eigenvalue weighted by molar-refractivity contribution is 5.83. The molecule has 0 saturated carbocycles. The number of alkyl halides is 3. The molecule has 1 aliphatic rings. The van der Waals surface area contributed by atoms with Crippen LogP contribution in [0.2, 0.25) is 0 Å². The second kappa shape index (κ2) is 9.29. The summed E-state index contributed by atoms with van der Waals surface area (Å²) >= 11 is 0. The zero-order valence-corrected chi connectivity index (χ0v) is 16.5. The fourth-order valence-corrected chi connectivity index (χ4v) is 3.73. The lowest BCUT2D eigenvalue weighted by molar-refractivity contribution is -0.137. The van der Waals surface area contributed by atoms with Crippen LogP contribution in [-0.2, 0) is 11.0 Å². The maximum atomic E-state index is 13.2. The molecule has 1 unspecified atom stereocenters. The summed E-state index contributed by atoms with van der Waals surface area (Å²) in [5.74, 6) is 0.484. The highest BCUT2D eigenvalue weighted by Gasteiger charge is 2.31. The second-order valence-electron chi connectivity index (χ2n) is 7.32. The number of hydrogen-bond acceptors (Lipinski definition) is 3. The fraction of sp³-hybridized carbons (Fsp3) is 0.455. The van der Waals surface area contributed by atoms with Gasteiger partial charge in [0.2, 0.25) is 5.91 Å². The van der Waals surface area contributed by atoms with Crippen molar-refractivity contribution < 1.29 is 18.0 Å². The van der Waals surface area contributed by atoms with Gasteiger partial charge in [0.25, 0.3) is 0 Å². The Hall–Kier alpha value is -2.57. The number of benzene rings is 1. The molecule has 29 heavy (non-hydrogen) atoms. The third kappa shape index (κ3) is 5.28.